The van der Waals surface area contributed by atoms with Gasteiger partial charge in [0.25, 0.3) is 0 Å². The molecule has 12 heavy (non-hydrogen) atoms. The molecule has 1 fully saturated rings. The number of thioether (sulfide) groups is 1. The molecule has 3 nitrogen and oxygen atoms in total. The average molecular weight is 185 g/mol. The van der Waals surface area contributed by atoms with Gasteiger partial charge in [-0.3, -0.25) is 9.59 Å². The van der Waals surface area contributed by atoms with E-state index in [9.17, 15) is 9.59 Å². The molecule has 1 heterocycles. The van der Waals surface area contributed by atoms with Crippen LogP contribution < -0.4 is 5.32 Å². The molecule has 1 unspecified atom stereocenters. The maximum atomic E-state index is 11.2. The fourth-order valence-corrected chi connectivity index (χ4v) is 2.37. The smallest absolute Gasteiger partial charge is 0.227 e. The van der Waals surface area contributed by atoms with Crippen LogP contribution >= 0.6 is 11.8 Å². The second kappa shape index (κ2) is 4.30. The molecule has 0 aromatic heterocycles. The quantitative estimate of drug-likeness (QED) is 0.505. The monoisotopic (exact) mass is 185 g/mol. The van der Waals surface area contributed by atoms with E-state index in [1.54, 1.807) is 18.8 Å². The first-order chi connectivity index (χ1) is 5.79. The molecule has 1 saturated heterocycles. The van der Waals surface area contributed by atoms with Gasteiger partial charge < -0.3 is 5.32 Å². The Morgan fingerprint density at radius 2 is 2.50 bits per heavy atom. The van der Waals surface area contributed by atoms with E-state index in [2.05, 4.69) is 5.32 Å². The summed E-state index contributed by atoms with van der Waals surface area (Å²) in [4.78, 5) is 22.3. The van der Waals surface area contributed by atoms with E-state index in [4.69, 9.17) is 0 Å². The number of hydrogen-bond donors (Lipinski definition) is 1. The Balaban J connectivity index is 2.70. The van der Waals surface area contributed by atoms with E-state index in [1.165, 1.54) is 6.08 Å². The predicted octanol–water partition coefficient (Wildman–Crippen LogP) is 0.568. The van der Waals surface area contributed by atoms with Crippen LogP contribution in [0.4, 0.5) is 0 Å². The average Bonchev–Trinajstić information content (AvgIpc) is 2.52. The lowest BCUT2D eigenvalue weighted by Crippen LogP contribution is -2.26. The molecule has 1 aliphatic rings. The standard InChI is InChI=1S/C8H11NO2S/c1-9-8(11)6-3-5-12-7(6)2-4-10/h2,4,6H,3,5H2,1H3,(H,9,11)/b7-2+. The van der Waals surface area contributed by atoms with Crippen molar-refractivity contribution >= 4 is 24.0 Å². The van der Waals surface area contributed by atoms with Crippen molar-refractivity contribution in [3.05, 3.63) is 11.0 Å². The lowest BCUT2D eigenvalue weighted by molar-refractivity contribution is -0.123. The maximum Gasteiger partial charge on any atom is 0.227 e. The van der Waals surface area contributed by atoms with Gasteiger partial charge in [0.15, 0.2) is 0 Å². The number of amides is 1. The van der Waals surface area contributed by atoms with Crippen LogP contribution in [0.5, 0.6) is 0 Å². The van der Waals surface area contributed by atoms with Crippen LogP contribution in [-0.4, -0.2) is 25.0 Å². The molecule has 1 rings (SSSR count). The number of aldehydes is 1. The molecule has 1 amide bonds. The molecular formula is C8H11NO2S. The summed E-state index contributed by atoms with van der Waals surface area (Å²) in [5.41, 5.74) is 0. The first-order valence-corrected chi connectivity index (χ1v) is 4.78. The lowest BCUT2D eigenvalue weighted by atomic mass is 10.1. The van der Waals surface area contributed by atoms with Crippen molar-refractivity contribution in [1.82, 2.24) is 5.32 Å². The Morgan fingerprint density at radius 3 is 3.08 bits per heavy atom. The van der Waals surface area contributed by atoms with Gasteiger partial charge in [-0.1, -0.05) is 0 Å². The molecule has 66 valence electrons. The van der Waals surface area contributed by atoms with Gasteiger partial charge in [0, 0.05) is 12.0 Å². The van der Waals surface area contributed by atoms with Crippen LogP contribution in [0.15, 0.2) is 11.0 Å². The topological polar surface area (TPSA) is 46.2 Å². The molecule has 0 saturated carbocycles. The largest absolute Gasteiger partial charge is 0.359 e. The second-order valence-electron chi connectivity index (χ2n) is 2.51. The maximum absolute atomic E-state index is 11.2. The zero-order chi connectivity index (χ0) is 8.97. The van der Waals surface area contributed by atoms with Gasteiger partial charge in [0.05, 0.1) is 5.92 Å². The van der Waals surface area contributed by atoms with E-state index in [-0.39, 0.29) is 11.8 Å². The molecule has 0 bridgehead atoms. The van der Waals surface area contributed by atoms with Crippen LogP contribution in [0.1, 0.15) is 6.42 Å². The number of hydrogen-bond acceptors (Lipinski definition) is 3. The molecule has 0 aromatic rings. The minimum absolute atomic E-state index is 0.00750. The number of rotatable bonds is 2. The lowest BCUT2D eigenvalue weighted by Gasteiger charge is -2.07. The summed E-state index contributed by atoms with van der Waals surface area (Å²) in [6.07, 6.45) is 3.06. The van der Waals surface area contributed by atoms with Crippen molar-refractivity contribution in [2.24, 2.45) is 5.92 Å². The molecule has 4 heteroatoms. The SMILES string of the molecule is CNC(=O)C1CCS/C1=C/C=O. The van der Waals surface area contributed by atoms with Gasteiger partial charge in [-0.05, 0) is 18.2 Å². The highest BCUT2D eigenvalue weighted by atomic mass is 32.2. The van der Waals surface area contributed by atoms with Gasteiger partial charge in [-0.2, -0.15) is 0 Å². The molecule has 0 aromatic carbocycles. The highest BCUT2D eigenvalue weighted by Gasteiger charge is 2.27. The first kappa shape index (κ1) is 9.32. The molecule has 0 spiro atoms. The van der Waals surface area contributed by atoms with E-state index >= 15 is 0 Å². The predicted molar refractivity (Wildman–Crippen MR) is 48.8 cm³/mol. The third-order valence-electron chi connectivity index (χ3n) is 1.81. The zero-order valence-electron chi connectivity index (χ0n) is 6.87. The third-order valence-corrected chi connectivity index (χ3v) is 3.01. The van der Waals surface area contributed by atoms with Crippen molar-refractivity contribution in [2.75, 3.05) is 12.8 Å². The first-order valence-electron chi connectivity index (χ1n) is 3.79. The molecule has 0 aliphatic carbocycles. The summed E-state index contributed by atoms with van der Waals surface area (Å²) in [5.74, 6) is 0.843. The number of nitrogens with one attached hydrogen (secondary N) is 1. The summed E-state index contributed by atoms with van der Waals surface area (Å²) < 4.78 is 0. The molecule has 1 aliphatic heterocycles. The van der Waals surface area contributed by atoms with E-state index in [0.717, 1.165) is 23.4 Å². The van der Waals surface area contributed by atoms with Crippen LogP contribution in [0.2, 0.25) is 0 Å². The Morgan fingerprint density at radius 1 is 1.75 bits per heavy atom. The highest BCUT2D eigenvalue weighted by molar-refractivity contribution is 8.03. The fraction of sp³-hybridized carbons (Fsp3) is 0.500. The fourth-order valence-electron chi connectivity index (χ4n) is 1.20. The van der Waals surface area contributed by atoms with Crippen molar-refractivity contribution < 1.29 is 9.59 Å². The van der Waals surface area contributed by atoms with Crippen molar-refractivity contribution in [1.29, 1.82) is 0 Å². The second-order valence-corrected chi connectivity index (χ2v) is 3.68. The van der Waals surface area contributed by atoms with Crippen LogP contribution in [0.3, 0.4) is 0 Å². The van der Waals surface area contributed by atoms with E-state index < -0.39 is 0 Å². The minimum atomic E-state index is -0.0924. The van der Waals surface area contributed by atoms with Crippen LogP contribution in [0.25, 0.3) is 0 Å². The summed E-state index contributed by atoms with van der Waals surface area (Å²) >= 11 is 1.59. The van der Waals surface area contributed by atoms with Gasteiger partial charge in [-0.15, -0.1) is 11.8 Å². The third kappa shape index (κ3) is 1.88. The Labute approximate surface area is 75.6 Å². The summed E-state index contributed by atoms with van der Waals surface area (Å²) in [5, 5.41) is 2.59. The molecular weight excluding hydrogens is 174 g/mol. The van der Waals surface area contributed by atoms with Crippen LogP contribution in [-0.2, 0) is 9.59 Å². The van der Waals surface area contributed by atoms with Crippen LogP contribution in [0, 0.1) is 5.92 Å². The highest BCUT2D eigenvalue weighted by Crippen LogP contribution is 2.35. The van der Waals surface area contributed by atoms with Gasteiger partial charge in [0.1, 0.15) is 6.29 Å². The Kier molecular flexibility index (Phi) is 3.34. The summed E-state index contributed by atoms with van der Waals surface area (Å²) in [6.45, 7) is 0. The number of carbonyl (C=O) groups is 2. The summed E-state index contributed by atoms with van der Waals surface area (Å²) in [7, 11) is 1.61. The molecule has 0 radical (unpaired) electrons. The molecule has 1 atom stereocenters. The summed E-state index contributed by atoms with van der Waals surface area (Å²) in [6, 6.07) is 0. The van der Waals surface area contributed by atoms with E-state index in [0.29, 0.717) is 0 Å². The molecule has 1 N–H and O–H groups in total. The van der Waals surface area contributed by atoms with Gasteiger partial charge in [0.2, 0.25) is 5.91 Å². The zero-order valence-corrected chi connectivity index (χ0v) is 7.69. The number of carbonyl (C=O) groups excluding carboxylic acids is 2. The number of allylic oxidation sites excluding steroid dienone is 1. The van der Waals surface area contributed by atoms with Gasteiger partial charge in [-0.25, -0.2) is 0 Å². The van der Waals surface area contributed by atoms with E-state index in [1.807, 2.05) is 0 Å². The van der Waals surface area contributed by atoms with Crippen molar-refractivity contribution in [2.45, 2.75) is 6.42 Å². The Hall–Kier alpha value is -0.770. The minimum Gasteiger partial charge on any atom is -0.359 e. The van der Waals surface area contributed by atoms with Gasteiger partial charge >= 0.3 is 0 Å². The Bertz CT molecular complexity index is 225. The van der Waals surface area contributed by atoms with Crippen molar-refractivity contribution in [3.63, 3.8) is 0 Å². The normalized spacial score (nSPS) is 25.8. The van der Waals surface area contributed by atoms with Crippen molar-refractivity contribution in [3.8, 4) is 0 Å².